The molecule has 0 saturated heterocycles. The molecule has 90 valence electrons. The SMILES string of the molecule is CC1CC1C(=O)N(C)c1ccccc1C(=O)O. The normalized spacial score (nSPS) is 22.0. The molecule has 0 bridgehead atoms. The van der Waals surface area contributed by atoms with Crippen molar-refractivity contribution in [1.82, 2.24) is 0 Å². The summed E-state index contributed by atoms with van der Waals surface area (Å²) in [4.78, 5) is 24.5. The average molecular weight is 233 g/mol. The first-order valence-electron chi connectivity index (χ1n) is 5.62. The average Bonchev–Trinajstić information content (AvgIpc) is 3.04. The van der Waals surface area contributed by atoms with E-state index in [2.05, 4.69) is 0 Å². The molecule has 1 aromatic rings. The number of carbonyl (C=O) groups excluding carboxylic acids is 1. The third kappa shape index (κ3) is 2.16. The molecule has 2 unspecified atom stereocenters. The predicted octanol–water partition coefficient (Wildman–Crippen LogP) is 2.00. The molecule has 2 rings (SSSR count). The van der Waals surface area contributed by atoms with Crippen molar-refractivity contribution in [2.75, 3.05) is 11.9 Å². The Balaban J connectivity index is 2.27. The van der Waals surface area contributed by atoms with Crippen molar-refractivity contribution in [2.24, 2.45) is 11.8 Å². The van der Waals surface area contributed by atoms with Gasteiger partial charge in [0.15, 0.2) is 0 Å². The summed E-state index contributed by atoms with van der Waals surface area (Å²) in [7, 11) is 1.63. The van der Waals surface area contributed by atoms with Crippen molar-refractivity contribution in [3.8, 4) is 0 Å². The first-order valence-corrected chi connectivity index (χ1v) is 5.62. The van der Waals surface area contributed by atoms with Crippen LogP contribution in [0.5, 0.6) is 0 Å². The van der Waals surface area contributed by atoms with Gasteiger partial charge in [-0.2, -0.15) is 0 Å². The van der Waals surface area contributed by atoms with Gasteiger partial charge < -0.3 is 10.0 Å². The molecule has 1 saturated carbocycles. The van der Waals surface area contributed by atoms with Crippen LogP contribution in [0.1, 0.15) is 23.7 Å². The zero-order valence-corrected chi connectivity index (χ0v) is 9.88. The molecule has 1 amide bonds. The van der Waals surface area contributed by atoms with Crippen molar-refractivity contribution in [2.45, 2.75) is 13.3 Å². The monoisotopic (exact) mass is 233 g/mol. The predicted molar refractivity (Wildman–Crippen MR) is 64.1 cm³/mol. The molecule has 0 aromatic heterocycles. The van der Waals surface area contributed by atoms with Gasteiger partial charge in [0.1, 0.15) is 0 Å². The number of amides is 1. The summed E-state index contributed by atoms with van der Waals surface area (Å²) in [5.41, 5.74) is 0.626. The zero-order chi connectivity index (χ0) is 12.6. The standard InChI is InChI=1S/C13H15NO3/c1-8-7-10(8)12(15)14(2)11-6-4-3-5-9(11)13(16)17/h3-6,8,10H,7H2,1-2H3,(H,16,17). The molecule has 0 aliphatic heterocycles. The van der Waals surface area contributed by atoms with Gasteiger partial charge in [0.05, 0.1) is 11.3 Å². The van der Waals surface area contributed by atoms with E-state index in [9.17, 15) is 9.59 Å². The highest BCUT2D eigenvalue weighted by molar-refractivity contribution is 6.03. The summed E-state index contributed by atoms with van der Waals surface area (Å²) < 4.78 is 0. The quantitative estimate of drug-likeness (QED) is 0.868. The zero-order valence-electron chi connectivity index (χ0n) is 9.88. The molecule has 2 atom stereocenters. The van der Waals surface area contributed by atoms with Gasteiger partial charge in [-0.05, 0) is 24.5 Å². The fraction of sp³-hybridized carbons (Fsp3) is 0.385. The van der Waals surface area contributed by atoms with E-state index in [0.717, 1.165) is 6.42 Å². The minimum absolute atomic E-state index is 0.00574. The van der Waals surface area contributed by atoms with Crippen LogP contribution in [0.2, 0.25) is 0 Å². The van der Waals surface area contributed by atoms with Crippen LogP contribution in [0.15, 0.2) is 24.3 Å². The smallest absolute Gasteiger partial charge is 0.337 e. The number of carboxylic acid groups (broad SMARTS) is 1. The third-order valence-corrected chi connectivity index (χ3v) is 3.25. The van der Waals surface area contributed by atoms with Gasteiger partial charge in [-0.1, -0.05) is 19.1 Å². The molecule has 1 aliphatic rings. The molecule has 0 spiro atoms. The Kier molecular flexibility index (Phi) is 2.88. The maximum atomic E-state index is 12.0. The fourth-order valence-corrected chi connectivity index (χ4v) is 1.98. The minimum Gasteiger partial charge on any atom is -0.478 e. The summed E-state index contributed by atoms with van der Waals surface area (Å²) >= 11 is 0. The Hall–Kier alpha value is -1.84. The Labute approximate surface area is 99.9 Å². The number of carboxylic acids is 1. The van der Waals surface area contributed by atoms with Gasteiger partial charge in [-0.3, -0.25) is 4.79 Å². The maximum Gasteiger partial charge on any atom is 0.337 e. The number of anilines is 1. The molecule has 1 N–H and O–H groups in total. The Morgan fingerprint density at radius 3 is 2.47 bits per heavy atom. The second kappa shape index (κ2) is 4.20. The molecular weight excluding hydrogens is 218 g/mol. The Morgan fingerprint density at radius 2 is 1.94 bits per heavy atom. The van der Waals surface area contributed by atoms with Crippen LogP contribution in [0.25, 0.3) is 0 Å². The Bertz CT molecular complexity index is 469. The number of benzene rings is 1. The van der Waals surface area contributed by atoms with Crippen LogP contribution in [0.3, 0.4) is 0 Å². The topological polar surface area (TPSA) is 57.6 Å². The molecule has 1 aliphatic carbocycles. The van der Waals surface area contributed by atoms with E-state index in [-0.39, 0.29) is 17.4 Å². The number of hydrogen-bond acceptors (Lipinski definition) is 2. The fourth-order valence-electron chi connectivity index (χ4n) is 1.98. The molecule has 17 heavy (non-hydrogen) atoms. The molecule has 4 heteroatoms. The lowest BCUT2D eigenvalue weighted by molar-refractivity contribution is -0.119. The summed E-state index contributed by atoms with van der Waals surface area (Å²) in [5.74, 6) is -0.529. The van der Waals surface area contributed by atoms with Crippen LogP contribution >= 0.6 is 0 Å². The number of aromatic carboxylic acids is 1. The van der Waals surface area contributed by atoms with Crippen LogP contribution < -0.4 is 4.90 Å². The van der Waals surface area contributed by atoms with E-state index in [1.165, 1.54) is 11.0 Å². The maximum absolute atomic E-state index is 12.0. The first kappa shape index (κ1) is 11.6. The van der Waals surface area contributed by atoms with Crippen LogP contribution in [0.4, 0.5) is 5.69 Å². The molecule has 4 nitrogen and oxygen atoms in total. The molecular formula is C13H15NO3. The number of para-hydroxylation sites is 1. The van der Waals surface area contributed by atoms with Crippen molar-refractivity contribution >= 4 is 17.6 Å². The lowest BCUT2D eigenvalue weighted by atomic mass is 10.1. The second-order valence-corrected chi connectivity index (χ2v) is 4.54. The van der Waals surface area contributed by atoms with Crippen molar-refractivity contribution in [3.05, 3.63) is 29.8 Å². The Morgan fingerprint density at radius 1 is 1.35 bits per heavy atom. The summed E-state index contributed by atoms with van der Waals surface area (Å²) in [6.45, 7) is 2.03. The first-order chi connectivity index (χ1) is 8.02. The molecule has 0 radical (unpaired) electrons. The van der Waals surface area contributed by atoms with Gasteiger partial charge in [0, 0.05) is 13.0 Å². The van der Waals surface area contributed by atoms with Gasteiger partial charge in [-0.15, -0.1) is 0 Å². The van der Waals surface area contributed by atoms with E-state index >= 15 is 0 Å². The van der Waals surface area contributed by atoms with Gasteiger partial charge in [0.25, 0.3) is 0 Å². The van der Waals surface area contributed by atoms with E-state index in [1.54, 1.807) is 25.2 Å². The highest BCUT2D eigenvalue weighted by atomic mass is 16.4. The lowest BCUT2D eigenvalue weighted by Crippen LogP contribution is -2.29. The van der Waals surface area contributed by atoms with Crippen LogP contribution in [0, 0.1) is 11.8 Å². The van der Waals surface area contributed by atoms with Crippen molar-refractivity contribution < 1.29 is 14.7 Å². The summed E-state index contributed by atoms with van der Waals surface area (Å²) in [6.07, 6.45) is 0.901. The largest absolute Gasteiger partial charge is 0.478 e. The van der Waals surface area contributed by atoms with Gasteiger partial charge in [0.2, 0.25) is 5.91 Å². The minimum atomic E-state index is -1.01. The van der Waals surface area contributed by atoms with Crippen LogP contribution in [-0.2, 0) is 4.79 Å². The highest BCUT2D eigenvalue weighted by Gasteiger charge is 2.41. The highest BCUT2D eigenvalue weighted by Crippen LogP contribution is 2.40. The van der Waals surface area contributed by atoms with Gasteiger partial charge >= 0.3 is 5.97 Å². The number of carbonyl (C=O) groups is 2. The van der Waals surface area contributed by atoms with Crippen LogP contribution in [-0.4, -0.2) is 24.0 Å². The molecule has 0 heterocycles. The summed E-state index contributed by atoms with van der Waals surface area (Å²) in [6, 6.07) is 6.57. The van der Waals surface area contributed by atoms with Gasteiger partial charge in [-0.25, -0.2) is 4.79 Å². The third-order valence-electron chi connectivity index (χ3n) is 3.25. The van der Waals surface area contributed by atoms with Crippen molar-refractivity contribution in [3.63, 3.8) is 0 Å². The summed E-state index contributed by atoms with van der Waals surface area (Å²) in [5, 5.41) is 9.06. The second-order valence-electron chi connectivity index (χ2n) is 4.54. The lowest BCUT2D eigenvalue weighted by Gasteiger charge is -2.19. The molecule has 1 aromatic carbocycles. The van der Waals surface area contributed by atoms with E-state index in [0.29, 0.717) is 11.6 Å². The van der Waals surface area contributed by atoms with Crippen molar-refractivity contribution in [1.29, 1.82) is 0 Å². The number of nitrogens with zero attached hydrogens (tertiary/aromatic N) is 1. The number of rotatable bonds is 3. The van der Waals surface area contributed by atoms with E-state index in [1.807, 2.05) is 6.92 Å². The van der Waals surface area contributed by atoms with E-state index in [4.69, 9.17) is 5.11 Å². The van der Waals surface area contributed by atoms with E-state index < -0.39 is 5.97 Å². The molecule has 1 fully saturated rings. The number of hydrogen-bond donors (Lipinski definition) is 1.